The van der Waals surface area contributed by atoms with Crippen LogP contribution >= 0.6 is 0 Å². The molecule has 9 heteroatoms. The van der Waals surface area contributed by atoms with Gasteiger partial charge in [-0.2, -0.15) is 5.10 Å². The number of esters is 1. The van der Waals surface area contributed by atoms with Crippen molar-refractivity contribution >= 4 is 17.7 Å². The molecular weight excluding hydrogens is 422 g/mol. The Kier molecular flexibility index (Phi) is 6.58. The van der Waals surface area contributed by atoms with Crippen LogP contribution in [0.25, 0.3) is 17.1 Å². The van der Waals surface area contributed by atoms with Crippen LogP contribution in [0.3, 0.4) is 0 Å². The van der Waals surface area contributed by atoms with Gasteiger partial charge in [-0.15, -0.1) is 10.2 Å². The van der Waals surface area contributed by atoms with E-state index in [4.69, 9.17) is 9.15 Å². The fourth-order valence-electron chi connectivity index (χ4n) is 3.23. The lowest BCUT2D eigenvalue weighted by Crippen LogP contribution is -2.22. The van der Waals surface area contributed by atoms with E-state index < -0.39 is 18.5 Å². The monoisotopic (exact) mass is 445 g/mol. The highest BCUT2D eigenvalue weighted by Crippen LogP contribution is 2.20. The molecule has 2 heterocycles. The predicted octanol–water partition coefficient (Wildman–Crippen LogP) is 3.65. The highest BCUT2D eigenvalue weighted by molar-refractivity contribution is 5.92. The zero-order chi connectivity index (χ0) is 23.2. The standard InChI is InChI=1S/C24H23N5O4/c1-16-8-6-7-11-19(16)29-20(14-17(2)28-29)25-21(30)15-32-23(31)13-12-22-26-27-24(33-22)18-9-4-3-5-10-18/h3-11,14H,12-13,15H2,1-2H3,(H,25,30). The quantitative estimate of drug-likeness (QED) is 0.412. The molecule has 168 valence electrons. The molecule has 2 aromatic heterocycles. The maximum Gasteiger partial charge on any atom is 0.306 e. The molecule has 0 aliphatic rings. The first-order valence-electron chi connectivity index (χ1n) is 10.5. The number of ether oxygens (including phenoxy) is 1. The number of amides is 1. The van der Waals surface area contributed by atoms with Gasteiger partial charge in [-0.1, -0.05) is 36.4 Å². The molecule has 4 rings (SSSR count). The van der Waals surface area contributed by atoms with Gasteiger partial charge in [0.2, 0.25) is 11.8 Å². The van der Waals surface area contributed by atoms with Gasteiger partial charge in [0.1, 0.15) is 5.82 Å². The van der Waals surface area contributed by atoms with Crippen molar-refractivity contribution in [3.63, 3.8) is 0 Å². The van der Waals surface area contributed by atoms with E-state index in [1.54, 1.807) is 10.7 Å². The zero-order valence-corrected chi connectivity index (χ0v) is 18.3. The Morgan fingerprint density at radius 1 is 1.03 bits per heavy atom. The molecule has 9 nitrogen and oxygen atoms in total. The van der Waals surface area contributed by atoms with Crippen LogP contribution in [0.4, 0.5) is 5.82 Å². The minimum absolute atomic E-state index is 0.0178. The molecule has 1 amide bonds. The van der Waals surface area contributed by atoms with Crippen LogP contribution in [0.1, 0.15) is 23.6 Å². The Balaban J connectivity index is 1.28. The van der Waals surface area contributed by atoms with E-state index in [9.17, 15) is 9.59 Å². The van der Waals surface area contributed by atoms with Gasteiger partial charge in [0, 0.05) is 18.1 Å². The molecule has 0 saturated heterocycles. The Hall–Kier alpha value is -4.27. The van der Waals surface area contributed by atoms with Crippen molar-refractivity contribution in [3.8, 4) is 17.1 Å². The number of rotatable bonds is 8. The molecule has 0 spiro atoms. The number of aryl methyl sites for hydroxylation is 3. The number of carbonyl (C=O) groups is 2. The lowest BCUT2D eigenvalue weighted by molar-refractivity contribution is -0.147. The third kappa shape index (κ3) is 5.51. The molecule has 33 heavy (non-hydrogen) atoms. The van der Waals surface area contributed by atoms with Crippen LogP contribution in [-0.2, 0) is 20.7 Å². The predicted molar refractivity (Wildman–Crippen MR) is 121 cm³/mol. The summed E-state index contributed by atoms with van der Waals surface area (Å²) in [6.45, 7) is 3.40. The number of anilines is 1. The first kappa shape index (κ1) is 21.9. The number of para-hydroxylation sites is 1. The summed E-state index contributed by atoms with van der Waals surface area (Å²) in [5, 5.41) is 15.1. The van der Waals surface area contributed by atoms with Crippen molar-refractivity contribution in [2.75, 3.05) is 11.9 Å². The molecular formula is C24H23N5O4. The maximum absolute atomic E-state index is 12.4. The Morgan fingerprint density at radius 2 is 1.79 bits per heavy atom. The van der Waals surface area contributed by atoms with Gasteiger partial charge in [0.05, 0.1) is 17.8 Å². The summed E-state index contributed by atoms with van der Waals surface area (Å²) in [5.41, 5.74) is 3.42. The minimum Gasteiger partial charge on any atom is -0.456 e. The molecule has 2 aromatic carbocycles. The fourth-order valence-corrected chi connectivity index (χ4v) is 3.23. The van der Waals surface area contributed by atoms with Gasteiger partial charge >= 0.3 is 5.97 Å². The second-order valence-electron chi connectivity index (χ2n) is 7.45. The van der Waals surface area contributed by atoms with Crippen molar-refractivity contribution in [3.05, 3.63) is 77.8 Å². The highest BCUT2D eigenvalue weighted by atomic mass is 16.5. The zero-order valence-electron chi connectivity index (χ0n) is 18.3. The number of hydrogen-bond acceptors (Lipinski definition) is 7. The maximum atomic E-state index is 12.4. The summed E-state index contributed by atoms with van der Waals surface area (Å²) in [5.74, 6) is 0.226. The number of nitrogens with zero attached hydrogens (tertiary/aromatic N) is 4. The van der Waals surface area contributed by atoms with Crippen LogP contribution in [0.15, 0.2) is 65.1 Å². The van der Waals surface area contributed by atoms with E-state index in [0.29, 0.717) is 17.6 Å². The molecule has 0 fully saturated rings. The molecule has 0 saturated carbocycles. The molecule has 0 bridgehead atoms. The van der Waals surface area contributed by atoms with Gasteiger partial charge in [-0.3, -0.25) is 9.59 Å². The van der Waals surface area contributed by atoms with Crippen LogP contribution in [0, 0.1) is 13.8 Å². The lowest BCUT2D eigenvalue weighted by Gasteiger charge is -2.11. The first-order chi connectivity index (χ1) is 16.0. The summed E-state index contributed by atoms with van der Waals surface area (Å²) in [6.07, 6.45) is 0.240. The van der Waals surface area contributed by atoms with Crippen molar-refractivity contribution < 1.29 is 18.7 Å². The van der Waals surface area contributed by atoms with E-state index in [2.05, 4.69) is 20.6 Å². The Bertz CT molecular complexity index is 1260. The largest absolute Gasteiger partial charge is 0.456 e. The molecule has 0 aliphatic carbocycles. The number of nitrogens with one attached hydrogen (secondary N) is 1. The smallest absolute Gasteiger partial charge is 0.306 e. The SMILES string of the molecule is Cc1cc(NC(=O)COC(=O)CCc2nnc(-c3ccccc3)o2)n(-c2ccccc2C)n1. The molecule has 0 atom stereocenters. The van der Waals surface area contributed by atoms with Crippen molar-refractivity contribution in [1.82, 2.24) is 20.0 Å². The molecule has 1 N–H and O–H groups in total. The number of benzene rings is 2. The fraction of sp³-hybridized carbons (Fsp3) is 0.208. The van der Waals surface area contributed by atoms with E-state index in [1.807, 2.05) is 68.4 Å². The second kappa shape index (κ2) is 9.90. The topological polar surface area (TPSA) is 112 Å². The van der Waals surface area contributed by atoms with E-state index in [0.717, 1.165) is 22.5 Å². The van der Waals surface area contributed by atoms with Gasteiger partial charge in [-0.25, -0.2) is 4.68 Å². The highest BCUT2D eigenvalue weighted by Gasteiger charge is 2.15. The van der Waals surface area contributed by atoms with E-state index in [1.165, 1.54) is 0 Å². The lowest BCUT2D eigenvalue weighted by atomic mass is 10.2. The number of aromatic nitrogens is 4. The summed E-state index contributed by atoms with van der Waals surface area (Å²) in [7, 11) is 0. The van der Waals surface area contributed by atoms with Crippen LogP contribution in [0.2, 0.25) is 0 Å². The minimum atomic E-state index is -0.534. The number of carbonyl (C=O) groups excluding carboxylic acids is 2. The van der Waals surface area contributed by atoms with Crippen LogP contribution in [-0.4, -0.2) is 38.5 Å². The number of hydrogen-bond donors (Lipinski definition) is 1. The third-order valence-corrected chi connectivity index (χ3v) is 4.84. The molecule has 4 aromatic rings. The van der Waals surface area contributed by atoms with Gasteiger partial charge in [-0.05, 0) is 37.6 Å². The molecule has 0 unspecified atom stereocenters. The van der Waals surface area contributed by atoms with Gasteiger partial charge in [0.15, 0.2) is 6.61 Å². The average Bonchev–Trinajstić information content (AvgIpc) is 3.44. The third-order valence-electron chi connectivity index (χ3n) is 4.84. The molecule has 0 radical (unpaired) electrons. The van der Waals surface area contributed by atoms with Crippen LogP contribution in [0.5, 0.6) is 0 Å². The van der Waals surface area contributed by atoms with E-state index in [-0.39, 0.29) is 12.8 Å². The Labute approximate surface area is 190 Å². The van der Waals surface area contributed by atoms with Crippen molar-refractivity contribution in [2.24, 2.45) is 0 Å². The van der Waals surface area contributed by atoms with Crippen LogP contribution < -0.4 is 5.32 Å². The van der Waals surface area contributed by atoms with Crippen molar-refractivity contribution in [2.45, 2.75) is 26.7 Å². The summed E-state index contributed by atoms with van der Waals surface area (Å²) in [4.78, 5) is 24.4. The summed E-state index contributed by atoms with van der Waals surface area (Å²) in [6, 6.07) is 18.8. The summed E-state index contributed by atoms with van der Waals surface area (Å²) < 4.78 is 12.3. The second-order valence-corrected chi connectivity index (χ2v) is 7.45. The van der Waals surface area contributed by atoms with Gasteiger partial charge in [0.25, 0.3) is 5.91 Å². The molecule has 0 aliphatic heterocycles. The van der Waals surface area contributed by atoms with Gasteiger partial charge < -0.3 is 14.5 Å². The van der Waals surface area contributed by atoms with Crippen molar-refractivity contribution in [1.29, 1.82) is 0 Å². The Morgan fingerprint density at radius 3 is 2.58 bits per heavy atom. The average molecular weight is 445 g/mol. The van der Waals surface area contributed by atoms with E-state index >= 15 is 0 Å². The summed E-state index contributed by atoms with van der Waals surface area (Å²) >= 11 is 0. The first-order valence-corrected chi connectivity index (χ1v) is 10.5. The normalized spacial score (nSPS) is 10.7.